The van der Waals surface area contributed by atoms with E-state index in [1.54, 1.807) is 14.7 Å². The summed E-state index contributed by atoms with van der Waals surface area (Å²) >= 11 is 0. The van der Waals surface area contributed by atoms with E-state index in [4.69, 9.17) is 29.9 Å². The van der Waals surface area contributed by atoms with Gasteiger partial charge in [-0.3, -0.25) is 34.0 Å². The van der Waals surface area contributed by atoms with E-state index in [1.165, 1.54) is 0 Å². The third kappa shape index (κ3) is 18.8. The molecular formula is C21H40N4O10. The zero-order chi connectivity index (χ0) is 26.5. The predicted octanol–water partition coefficient (Wildman–Crippen LogP) is -2.70. The lowest BCUT2D eigenvalue weighted by Gasteiger charge is -2.27. The number of nitrogens with zero attached hydrogens (tertiary/aromatic N) is 4. The molecule has 1 fully saturated rings. The Balaban J connectivity index is 0.00000562. The number of hydrogen-bond donors (Lipinski definition) is 4. The minimum Gasteiger partial charge on any atom is -0.480 e. The Bertz CT molecular complexity index is 611. The minimum atomic E-state index is -0.988. The first-order chi connectivity index (χ1) is 16.8. The van der Waals surface area contributed by atoms with Gasteiger partial charge in [0.2, 0.25) is 0 Å². The van der Waals surface area contributed by atoms with Crippen molar-refractivity contribution in [1.82, 2.24) is 19.6 Å². The second-order valence-electron chi connectivity index (χ2n) is 7.70. The second-order valence-corrected chi connectivity index (χ2v) is 7.70. The number of aliphatic hydroxyl groups is 1. The van der Waals surface area contributed by atoms with Crippen molar-refractivity contribution in [2.75, 3.05) is 112 Å². The quantitative estimate of drug-likeness (QED) is 0.249. The minimum absolute atomic E-state index is 0.153. The number of carbonyl (C=O) groups is 4. The number of aliphatic carboxylic acids is 3. The highest BCUT2D eigenvalue weighted by molar-refractivity contribution is 5.69. The third-order valence-electron chi connectivity index (χ3n) is 5.08. The average Bonchev–Trinajstić information content (AvgIpc) is 2.79. The van der Waals surface area contributed by atoms with Crippen molar-refractivity contribution in [1.29, 1.82) is 0 Å². The fourth-order valence-corrected chi connectivity index (χ4v) is 3.33. The van der Waals surface area contributed by atoms with E-state index >= 15 is 0 Å². The summed E-state index contributed by atoms with van der Waals surface area (Å²) in [5, 5.41) is 34.5. The highest BCUT2D eigenvalue weighted by Gasteiger charge is 2.16. The van der Waals surface area contributed by atoms with Crippen molar-refractivity contribution in [3.63, 3.8) is 0 Å². The fraction of sp³-hybridized carbons (Fsp3) is 0.810. The summed E-state index contributed by atoms with van der Waals surface area (Å²) in [5.41, 5.74) is 0. The Morgan fingerprint density at radius 2 is 0.886 bits per heavy atom. The first kappa shape index (κ1) is 32.8. The van der Waals surface area contributed by atoms with E-state index in [1.807, 2.05) is 4.90 Å². The first-order valence-electron chi connectivity index (χ1n) is 11.4. The van der Waals surface area contributed by atoms with E-state index in [0.717, 1.165) is 13.4 Å². The molecule has 35 heavy (non-hydrogen) atoms. The van der Waals surface area contributed by atoms with Crippen LogP contribution < -0.4 is 0 Å². The summed E-state index contributed by atoms with van der Waals surface area (Å²) in [6, 6.07) is 0. The molecular weight excluding hydrogens is 468 g/mol. The maximum atomic E-state index is 11.2. The SMILES string of the molecule is CO.O=CCN1CCOCCN(CC(=O)O)CCN(CC(=O)O)CCOCCN(CC(=O)O)CC1. The third-order valence-corrected chi connectivity index (χ3v) is 5.08. The number of rotatable bonds is 8. The maximum absolute atomic E-state index is 11.2. The van der Waals surface area contributed by atoms with Crippen LogP contribution in [0.1, 0.15) is 0 Å². The number of aliphatic hydroxyl groups excluding tert-OH is 1. The summed E-state index contributed by atoms with van der Waals surface area (Å²) in [6.07, 6.45) is 0.786. The highest BCUT2D eigenvalue weighted by Crippen LogP contribution is 1.98. The van der Waals surface area contributed by atoms with Gasteiger partial charge in [0.15, 0.2) is 0 Å². The molecule has 1 aliphatic rings. The number of carboxylic acids is 3. The zero-order valence-electron chi connectivity index (χ0n) is 20.4. The van der Waals surface area contributed by atoms with Crippen LogP contribution >= 0.6 is 0 Å². The van der Waals surface area contributed by atoms with Crippen LogP contribution in [0.2, 0.25) is 0 Å². The van der Waals surface area contributed by atoms with Crippen LogP contribution in [0, 0.1) is 0 Å². The van der Waals surface area contributed by atoms with Crippen molar-refractivity contribution in [2.24, 2.45) is 0 Å². The van der Waals surface area contributed by atoms with Crippen molar-refractivity contribution < 1.29 is 49.1 Å². The van der Waals surface area contributed by atoms with Crippen LogP contribution in [0.25, 0.3) is 0 Å². The number of aldehydes is 1. The van der Waals surface area contributed by atoms with E-state index in [0.29, 0.717) is 59.0 Å². The summed E-state index contributed by atoms with van der Waals surface area (Å²) in [6.45, 7) is 3.99. The van der Waals surface area contributed by atoms with Gasteiger partial charge in [0.1, 0.15) is 6.29 Å². The molecule has 1 saturated heterocycles. The van der Waals surface area contributed by atoms with Gasteiger partial charge in [-0.05, 0) is 0 Å². The summed E-state index contributed by atoms with van der Waals surface area (Å²) in [5.74, 6) is -2.92. The Hall–Kier alpha value is -2.20. The molecule has 1 rings (SSSR count). The number of hydrogen-bond acceptors (Lipinski definition) is 11. The molecule has 0 aromatic heterocycles. The van der Waals surface area contributed by atoms with Gasteiger partial charge >= 0.3 is 17.9 Å². The van der Waals surface area contributed by atoms with E-state index in [-0.39, 0.29) is 46.0 Å². The van der Waals surface area contributed by atoms with Gasteiger partial charge < -0.3 is 34.7 Å². The summed E-state index contributed by atoms with van der Waals surface area (Å²) < 4.78 is 11.2. The Morgan fingerprint density at radius 1 is 0.600 bits per heavy atom. The molecule has 14 heteroatoms. The smallest absolute Gasteiger partial charge is 0.317 e. The lowest BCUT2D eigenvalue weighted by Crippen LogP contribution is -2.43. The summed E-state index contributed by atoms with van der Waals surface area (Å²) in [4.78, 5) is 51.5. The van der Waals surface area contributed by atoms with Gasteiger partial charge in [-0.15, -0.1) is 0 Å². The second kappa shape index (κ2) is 21.1. The topological polar surface area (TPSA) is 181 Å². The molecule has 1 aliphatic heterocycles. The molecule has 0 bridgehead atoms. The van der Waals surface area contributed by atoms with Crippen LogP contribution in [0.4, 0.5) is 0 Å². The molecule has 0 aromatic carbocycles. The molecule has 0 saturated carbocycles. The van der Waals surface area contributed by atoms with Gasteiger partial charge in [-0.2, -0.15) is 0 Å². The summed E-state index contributed by atoms with van der Waals surface area (Å²) in [7, 11) is 1.00. The van der Waals surface area contributed by atoms with E-state index in [2.05, 4.69) is 0 Å². The van der Waals surface area contributed by atoms with Crippen LogP contribution in [0.3, 0.4) is 0 Å². The first-order valence-corrected chi connectivity index (χ1v) is 11.4. The average molecular weight is 509 g/mol. The van der Waals surface area contributed by atoms with Crippen LogP contribution in [0.15, 0.2) is 0 Å². The normalized spacial score (nSPS) is 19.5. The van der Waals surface area contributed by atoms with Gasteiger partial charge in [-0.1, -0.05) is 0 Å². The molecule has 0 aliphatic carbocycles. The molecule has 14 nitrogen and oxygen atoms in total. The van der Waals surface area contributed by atoms with Crippen molar-refractivity contribution >= 4 is 24.2 Å². The molecule has 0 atom stereocenters. The van der Waals surface area contributed by atoms with Gasteiger partial charge in [0.25, 0.3) is 0 Å². The van der Waals surface area contributed by atoms with Gasteiger partial charge in [0, 0.05) is 59.5 Å². The molecule has 204 valence electrons. The Labute approximate surface area is 205 Å². The molecule has 4 N–H and O–H groups in total. The fourth-order valence-electron chi connectivity index (χ4n) is 3.33. The van der Waals surface area contributed by atoms with E-state index < -0.39 is 17.9 Å². The molecule has 0 radical (unpaired) electrons. The maximum Gasteiger partial charge on any atom is 0.317 e. The molecule has 0 amide bonds. The molecule has 0 spiro atoms. The molecule has 1 heterocycles. The lowest BCUT2D eigenvalue weighted by molar-refractivity contribution is -0.140. The van der Waals surface area contributed by atoms with Crippen molar-refractivity contribution in [3.05, 3.63) is 0 Å². The van der Waals surface area contributed by atoms with Crippen molar-refractivity contribution in [2.45, 2.75) is 0 Å². The van der Waals surface area contributed by atoms with Crippen LogP contribution in [0.5, 0.6) is 0 Å². The molecule has 0 unspecified atom stereocenters. The molecule has 0 aromatic rings. The van der Waals surface area contributed by atoms with Gasteiger partial charge in [0.05, 0.1) is 52.6 Å². The Kier molecular flexibility index (Phi) is 19.8. The Morgan fingerprint density at radius 3 is 1.17 bits per heavy atom. The number of carboxylic acid groups (broad SMARTS) is 3. The largest absolute Gasteiger partial charge is 0.480 e. The van der Waals surface area contributed by atoms with Crippen molar-refractivity contribution in [3.8, 4) is 0 Å². The standard InChI is InChI=1S/C20H36N4O9.CH4O/c25-10-5-21-1-2-22(15-18(26)27)7-13-33-14-9-24(17-20(30)31)4-3-23(16-19(28)29)8-12-32-11-6-21;1-2/h10H,1-9,11-17H2,(H,26,27)(H,28,29)(H,30,31);2H,1H3. The van der Waals surface area contributed by atoms with Crippen LogP contribution in [-0.4, -0.2) is 176 Å². The highest BCUT2D eigenvalue weighted by atomic mass is 16.5. The lowest BCUT2D eigenvalue weighted by atomic mass is 10.3. The number of carbonyl (C=O) groups excluding carboxylic acids is 1. The van der Waals surface area contributed by atoms with Gasteiger partial charge in [-0.25, -0.2) is 0 Å². The van der Waals surface area contributed by atoms with Crippen LogP contribution in [-0.2, 0) is 28.7 Å². The zero-order valence-corrected chi connectivity index (χ0v) is 20.4. The van der Waals surface area contributed by atoms with E-state index in [9.17, 15) is 19.2 Å². The monoisotopic (exact) mass is 508 g/mol. The number of ether oxygens (including phenoxy) is 2. The predicted molar refractivity (Wildman–Crippen MR) is 125 cm³/mol.